The van der Waals surface area contributed by atoms with Gasteiger partial charge in [-0.3, -0.25) is 4.79 Å². The van der Waals surface area contributed by atoms with Crippen LogP contribution < -0.4 is 10.1 Å². The van der Waals surface area contributed by atoms with Gasteiger partial charge in [-0.25, -0.2) is 0 Å². The molecule has 0 fully saturated rings. The Morgan fingerprint density at radius 1 is 1.41 bits per heavy atom. The summed E-state index contributed by atoms with van der Waals surface area (Å²) >= 11 is 6.20. The minimum absolute atomic E-state index is 0.0828. The lowest BCUT2D eigenvalue weighted by Gasteiger charge is -2.12. The third-order valence-electron chi connectivity index (χ3n) is 3.08. The molecule has 0 saturated carbocycles. The van der Waals surface area contributed by atoms with Crippen molar-refractivity contribution in [3.63, 3.8) is 0 Å². The predicted molar refractivity (Wildman–Crippen MR) is 65.9 cm³/mol. The molecular formula is C12H11ClN2O2. The number of hydrogen-bond acceptors (Lipinski definition) is 2. The highest BCUT2D eigenvalue weighted by atomic mass is 35.5. The van der Waals surface area contributed by atoms with Gasteiger partial charge in [-0.1, -0.05) is 11.6 Å². The van der Waals surface area contributed by atoms with Crippen molar-refractivity contribution < 1.29 is 9.53 Å². The number of nitrogens with one attached hydrogen (secondary N) is 2. The molecule has 1 amide bonds. The Morgan fingerprint density at radius 2 is 2.24 bits per heavy atom. The molecule has 5 heteroatoms. The fourth-order valence-electron chi connectivity index (χ4n) is 2.31. The molecule has 0 saturated heterocycles. The quantitative estimate of drug-likeness (QED) is 0.815. The van der Waals surface area contributed by atoms with Gasteiger partial charge in [0.25, 0.3) is 5.91 Å². The molecule has 1 aromatic carbocycles. The van der Waals surface area contributed by atoms with E-state index in [-0.39, 0.29) is 5.91 Å². The van der Waals surface area contributed by atoms with Gasteiger partial charge < -0.3 is 15.0 Å². The molecule has 3 rings (SSSR count). The number of carbonyl (C=O) groups excluding carboxylic acids is 1. The number of H-pyrrole nitrogens is 1. The second kappa shape index (κ2) is 3.67. The topological polar surface area (TPSA) is 54.1 Å². The number of amides is 1. The van der Waals surface area contributed by atoms with Crippen LogP contribution in [-0.2, 0) is 6.42 Å². The molecular weight excluding hydrogens is 240 g/mol. The molecule has 1 aliphatic heterocycles. The van der Waals surface area contributed by atoms with E-state index in [9.17, 15) is 4.79 Å². The minimum atomic E-state index is -0.0828. The summed E-state index contributed by atoms with van der Waals surface area (Å²) in [5.74, 6) is 0.618. The molecule has 0 spiro atoms. The number of aromatic amines is 1. The molecule has 17 heavy (non-hydrogen) atoms. The number of carbonyl (C=O) groups is 1. The second-order valence-electron chi connectivity index (χ2n) is 3.98. The molecule has 0 unspecified atom stereocenters. The minimum Gasteiger partial charge on any atom is -0.495 e. The van der Waals surface area contributed by atoms with Crippen LogP contribution in [0.25, 0.3) is 10.9 Å². The van der Waals surface area contributed by atoms with E-state index in [1.165, 1.54) is 0 Å². The zero-order valence-corrected chi connectivity index (χ0v) is 10.0. The zero-order valence-electron chi connectivity index (χ0n) is 9.26. The first kappa shape index (κ1) is 10.5. The lowest BCUT2D eigenvalue weighted by Crippen LogP contribution is -2.31. The molecule has 2 aromatic rings. The van der Waals surface area contributed by atoms with E-state index in [4.69, 9.17) is 16.3 Å². The van der Waals surface area contributed by atoms with Crippen molar-refractivity contribution in [2.75, 3.05) is 13.7 Å². The number of rotatable bonds is 1. The largest absolute Gasteiger partial charge is 0.495 e. The molecule has 2 N–H and O–H groups in total. The van der Waals surface area contributed by atoms with Crippen molar-refractivity contribution in [1.29, 1.82) is 0 Å². The van der Waals surface area contributed by atoms with Gasteiger partial charge in [0.05, 0.1) is 17.6 Å². The van der Waals surface area contributed by atoms with Crippen LogP contribution in [0.1, 0.15) is 16.1 Å². The summed E-state index contributed by atoms with van der Waals surface area (Å²) < 4.78 is 5.27. The molecule has 0 radical (unpaired) electrons. The van der Waals surface area contributed by atoms with Crippen LogP contribution in [0.2, 0.25) is 5.02 Å². The van der Waals surface area contributed by atoms with Crippen LogP contribution >= 0.6 is 11.6 Å². The van der Waals surface area contributed by atoms with Crippen LogP contribution in [0.4, 0.5) is 0 Å². The molecule has 1 aromatic heterocycles. The van der Waals surface area contributed by atoms with Gasteiger partial charge in [0, 0.05) is 11.9 Å². The third kappa shape index (κ3) is 1.41. The van der Waals surface area contributed by atoms with Crippen molar-refractivity contribution in [3.05, 3.63) is 28.4 Å². The lowest BCUT2D eigenvalue weighted by molar-refractivity contribution is 0.0942. The van der Waals surface area contributed by atoms with Crippen molar-refractivity contribution in [2.45, 2.75) is 6.42 Å². The van der Waals surface area contributed by atoms with Gasteiger partial charge in [0.1, 0.15) is 11.4 Å². The Labute approximate surface area is 103 Å². The number of aromatic nitrogens is 1. The van der Waals surface area contributed by atoms with Gasteiger partial charge in [-0.05, 0) is 24.1 Å². The van der Waals surface area contributed by atoms with E-state index >= 15 is 0 Å². The van der Waals surface area contributed by atoms with Gasteiger partial charge in [-0.2, -0.15) is 0 Å². The fraction of sp³-hybridized carbons (Fsp3) is 0.250. The third-order valence-corrected chi connectivity index (χ3v) is 3.39. The van der Waals surface area contributed by atoms with E-state index < -0.39 is 0 Å². The van der Waals surface area contributed by atoms with Gasteiger partial charge in [0.2, 0.25) is 0 Å². The normalized spacial score (nSPS) is 14.6. The first-order chi connectivity index (χ1) is 8.22. The summed E-state index contributed by atoms with van der Waals surface area (Å²) in [6, 6.07) is 3.59. The highest BCUT2D eigenvalue weighted by Crippen LogP contribution is 2.36. The van der Waals surface area contributed by atoms with Crippen LogP contribution in [0.15, 0.2) is 12.1 Å². The Kier molecular flexibility index (Phi) is 2.26. The van der Waals surface area contributed by atoms with E-state index in [1.54, 1.807) is 19.2 Å². The Hall–Kier alpha value is -1.68. The maximum absolute atomic E-state index is 11.7. The van der Waals surface area contributed by atoms with E-state index in [0.29, 0.717) is 23.0 Å². The van der Waals surface area contributed by atoms with Crippen molar-refractivity contribution >= 4 is 28.4 Å². The fourth-order valence-corrected chi connectivity index (χ4v) is 2.58. The monoisotopic (exact) mass is 250 g/mol. The van der Waals surface area contributed by atoms with E-state index in [2.05, 4.69) is 10.3 Å². The SMILES string of the molecule is COc1ccc(Cl)c2c3c([nH]c12)C(=O)NCC3. The summed E-state index contributed by atoms with van der Waals surface area (Å²) in [5, 5.41) is 4.35. The summed E-state index contributed by atoms with van der Waals surface area (Å²) in [5.41, 5.74) is 2.37. The standard InChI is InChI=1S/C12H11ClN2O2/c1-17-8-3-2-7(13)9-6-4-5-14-12(16)10(6)15-11(8)9/h2-3,15H,4-5H2,1H3,(H,14,16). The number of methoxy groups -OCH3 is 1. The van der Waals surface area contributed by atoms with Crippen molar-refractivity contribution in [1.82, 2.24) is 10.3 Å². The summed E-state index contributed by atoms with van der Waals surface area (Å²) in [6.07, 6.45) is 0.786. The van der Waals surface area contributed by atoms with Crippen LogP contribution in [0.5, 0.6) is 5.75 Å². The van der Waals surface area contributed by atoms with Crippen LogP contribution in [0.3, 0.4) is 0 Å². The first-order valence-electron chi connectivity index (χ1n) is 5.37. The number of halogens is 1. The highest BCUT2D eigenvalue weighted by Gasteiger charge is 2.24. The predicted octanol–water partition coefficient (Wildman–Crippen LogP) is 2.12. The maximum Gasteiger partial charge on any atom is 0.268 e. The zero-order chi connectivity index (χ0) is 12.0. The van der Waals surface area contributed by atoms with E-state index in [0.717, 1.165) is 22.9 Å². The summed E-state index contributed by atoms with van der Waals surface area (Å²) in [6.45, 7) is 0.645. The molecule has 0 bridgehead atoms. The second-order valence-corrected chi connectivity index (χ2v) is 4.39. The smallest absolute Gasteiger partial charge is 0.268 e. The highest BCUT2D eigenvalue weighted by molar-refractivity contribution is 6.36. The Bertz CT molecular complexity index is 618. The molecule has 1 aliphatic rings. The molecule has 0 atom stereocenters. The Morgan fingerprint density at radius 3 is 3.00 bits per heavy atom. The van der Waals surface area contributed by atoms with Gasteiger partial charge in [-0.15, -0.1) is 0 Å². The van der Waals surface area contributed by atoms with Gasteiger partial charge >= 0.3 is 0 Å². The number of benzene rings is 1. The molecule has 0 aliphatic carbocycles. The Balaban J connectivity index is 2.40. The van der Waals surface area contributed by atoms with Crippen molar-refractivity contribution in [2.24, 2.45) is 0 Å². The molecule has 2 heterocycles. The molecule has 88 valence electrons. The van der Waals surface area contributed by atoms with Crippen LogP contribution in [-0.4, -0.2) is 24.5 Å². The summed E-state index contributed by atoms with van der Waals surface area (Å²) in [7, 11) is 1.60. The number of hydrogen-bond donors (Lipinski definition) is 2. The van der Waals surface area contributed by atoms with Gasteiger partial charge in [0.15, 0.2) is 0 Å². The average Bonchev–Trinajstić information content (AvgIpc) is 2.71. The first-order valence-corrected chi connectivity index (χ1v) is 5.75. The average molecular weight is 251 g/mol. The van der Waals surface area contributed by atoms with Crippen molar-refractivity contribution in [3.8, 4) is 5.75 Å². The van der Waals surface area contributed by atoms with E-state index in [1.807, 2.05) is 0 Å². The molecule has 4 nitrogen and oxygen atoms in total. The maximum atomic E-state index is 11.7. The number of fused-ring (bicyclic) bond motifs is 3. The van der Waals surface area contributed by atoms with Crippen LogP contribution in [0, 0.1) is 0 Å². The summed E-state index contributed by atoms with van der Waals surface area (Å²) in [4.78, 5) is 14.8. The lowest BCUT2D eigenvalue weighted by atomic mass is 10.0. The number of ether oxygens (including phenoxy) is 1.